The van der Waals surface area contributed by atoms with Gasteiger partial charge in [-0.2, -0.15) is 0 Å². The second kappa shape index (κ2) is 5.20. The summed E-state index contributed by atoms with van der Waals surface area (Å²) in [6.45, 7) is 7.87. The molecule has 0 amide bonds. The van der Waals surface area contributed by atoms with Crippen LogP contribution in [0.25, 0.3) is 0 Å². The van der Waals surface area contributed by atoms with Gasteiger partial charge in [0.2, 0.25) is 0 Å². The first kappa shape index (κ1) is 14.2. The van der Waals surface area contributed by atoms with Crippen molar-refractivity contribution in [2.75, 3.05) is 7.11 Å². The number of benzene rings is 1. The minimum Gasteiger partial charge on any atom is -0.496 e. The first-order chi connectivity index (χ1) is 7.74. The summed E-state index contributed by atoms with van der Waals surface area (Å²) in [5, 5.41) is 11.0. The molecule has 1 rings (SSSR count). The van der Waals surface area contributed by atoms with Crippen LogP contribution in [0.15, 0.2) is 12.1 Å². The van der Waals surface area contributed by atoms with E-state index in [1.165, 1.54) is 0 Å². The van der Waals surface area contributed by atoms with Crippen LogP contribution in [-0.4, -0.2) is 12.0 Å². The zero-order valence-electron chi connectivity index (χ0n) is 10.1. The van der Waals surface area contributed by atoms with E-state index < -0.39 is 0 Å². The second-order valence-electron chi connectivity index (χ2n) is 4.71. The molecule has 1 aromatic carbocycles. The number of halogens is 1. The highest BCUT2D eigenvalue weighted by Crippen LogP contribution is 2.33. The summed E-state index contributed by atoms with van der Waals surface area (Å²) in [6.07, 6.45) is 0.538. The summed E-state index contributed by atoms with van der Waals surface area (Å²) in [7, 11) is 1.56. The second-order valence-corrected chi connectivity index (χ2v) is 5.88. The van der Waals surface area contributed by atoms with Crippen molar-refractivity contribution in [3.8, 4) is 5.75 Å². The Balaban J connectivity index is 3.29. The average molecular weight is 348 g/mol. The van der Waals surface area contributed by atoms with Crippen molar-refractivity contribution in [3.05, 3.63) is 38.3 Å². The van der Waals surface area contributed by atoms with Crippen LogP contribution in [0.2, 0.25) is 0 Å². The maximum atomic E-state index is 11.0. The standard InChI is InChI=1S/C12H15INO3/c1-12(2,3)7-8-5-11(17-4)9(13)6-10(8)14(15)16/h5-6H,1,7H2,2-4H3. The van der Waals surface area contributed by atoms with Crippen molar-refractivity contribution < 1.29 is 9.66 Å². The van der Waals surface area contributed by atoms with Crippen molar-refractivity contribution in [2.24, 2.45) is 5.41 Å². The van der Waals surface area contributed by atoms with Crippen LogP contribution in [0.1, 0.15) is 19.4 Å². The van der Waals surface area contributed by atoms with Gasteiger partial charge >= 0.3 is 0 Å². The first-order valence-corrected chi connectivity index (χ1v) is 6.18. The predicted octanol–water partition coefficient (Wildman–Crippen LogP) is 3.61. The number of hydrogen-bond donors (Lipinski definition) is 0. The number of rotatable bonds is 4. The van der Waals surface area contributed by atoms with Gasteiger partial charge in [0, 0.05) is 11.6 Å². The Morgan fingerprint density at radius 2 is 2.12 bits per heavy atom. The van der Waals surface area contributed by atoms with Crippen molar-refractivity contribution in [3.63, 3.8) is 0 Å². The number of nitrogens with zero attached hydrogens (tertiary/aromatic N) is 1. The zero-order chi connectivity index (χ0) is 13.2. The molecule has 5 heteroatoms. The van der Waals surface area contributed by atoms with Gasteiger partial charge in [0.05, 0.1) is 15.6 Å². The zero-order valence-corrected chi connectivity index (χ0v) is 12.3. The number of nitro groups is 1. The Morgan fingerprint density at radius 1 is 1.53 bits per heavy atom. The molecule has 93 valence electrons. The van der Waals surface area contributed by atoms with Gasteiger partial charge in [0.15, 0.2) is 0 Å². The molecular weight excluding hydrogens is 333 g/mol. The highest BCUT2D eigenvalue weighted by Gasteiger charge is 2.22. The fraction of sp³-hybridized carbons (Fsp3) is 0.417. The largest absolute Gasteiger partial charge is 0.496 e. The molecule has 0 fully saturated rings. The van der Waals surface area contributed by atoms with Crippen LogP contribution in [0.5, 0.6) is 5.75 Å². The molecule has 0 aromatic heterocycles. The molecule has 0 aliphatic rings. The summed E-state index contributed by atoms with van der Waals surface area (Å²) < 4.78 is 5.92. The van der Waals surface area contributed by atoms with Crippen LogP contribution in [0.3, 0.4) is 0 Å². The third-order valence-electron chi connectivity index (χ3n) is 2.22. The molecule has 0 unspecified atom stereocenters. The van der Waals surface area contributed by atoms with Gasteiger partial charge in [-0.1, -0.05) is 13.8 Å². The summed E-state index contributed by atoms with van der Waals surface area (Å²) in [5.41, 5.74) is 0.543. The molecule has 17 heavy (non-hydrogen) atoms. The fourth-order valence-electron chi connectivity index (χ4n) is 1.57. The van der Waals surface area contributed by atoms with Crippen molar-refractivity contribution in [1.29, 1.82) is 0 Å². The number of hydrogen-bond acceptors (Lipinski definition) is 3. The van der Waals surface area contributed by atoms with E-state index in [9.17, 15) is 10.1 Å². The minimum absolute atomic E-state index is 0.131. The van der Waals surface area contributed by atoms with Gasteiger partial charge in [-0.05, 0) is 47.4 Å². The number of ether oxygens (including phenoxy) is 1. The van der Waals surface area contributed by atoms with E-state index in [1.54, 1.807) is 19.2 Å². The van der Waals surface area contributed by atoms with Crippen LogP contribution in [0.4, 0.5) is 5.69 Å². The van der Waals surface area contributed by atoms with E-state index in [2.05, 4.69) is 6.92 Å². The normalized spacial score (nSPS) is 11.4. The van der Waals surface area contributed by atoms with Crippen LogP contribution in [-0.2, 0) is 6.42 Å². The Kier molecular flexibility index (Phi) is 4.35. The van der Waals surface area contributed by atoms with E-state index in [0.29, 0.717) is 17.7 Å². The highest BCUT2D eigenvalue weighted by atomic mass is 127. The lowest BCUT2D eigenvalue weighted by atomic mass is 9.87. The van der Waals surface area contributed by atoms with Crippen molar-refractivity contribution in [1.82, 2.24) is 0 Å². The van der Waals surface area contributed by atoms with E-state index in [1.807, 2.05) is 36.4 Å². The molecule has 0 bridgehead atoms. The van der Waals surface area contributed by atoms with Crippen LogP contribution < -0.4 is 4.74 Å². The lowest BCUT2D eigenvalue weighted by Gasteiger charge is -2.18. The first-order valence-electron chi connectivity index (χ1n) is 5.11. The van der Waals surface area contributed by atoms with Gasteiger partial charge in [-0.25, -0.2) is 0 Å². The van der Waals surface area contributed by atoms with E-state index >= 15 is 0 Å². The SMILES string of the molecule is [CH2]C(C)(C)Cc1cc(OC)c(I)cc1[N+](=O)[O-]. The fourth-order valence-corrected chi connectivity index (χ4v) is 2.24. The van der Waals surface area contributed by atoms with Crippen molar-refractivity contribution in [2.45, 2.75) is 20.3 Å². The molecule has 0 aliphatic carbocycles. The monoisotopic (exact) mass is 348 g/mol. The van der Waals surface area contributed by atoms with Gasteiger partial charge in [0.25, 0.3) is 5.69 Å². The summed E-state index contributed by atoms with van der Waals surface area (Å²) in [6, 6.07) is 3.27. The van der Waals surface area contributed by atoms with Gasteiger partial charge in [0.1, 0.15) is 5.75 Å². The van der Waals surface area contributed by atoms with E-state index in [4.69, 9.17) is 4.74 Å². The quantitative estimate of drug-likeness (QED) is 0.475. The van der Waals surface area contributed by atoms with E-state index in [0.717, 1.165) is 3.57 Å². The molecule has 0 heterocycles. The molecule has 1 aromatic rings. The number of methoxy groups -OCH3 is 1. The Labute approximate surface area is 115 Å². The third-order valence-corrected chi connectivity index (χ3v) is 3.06. The minimum atomic E-state index is -0.358. The molecule has 1 radical (unpaired) electrons. The highest BCUT2D eigenvalue weighted by molar-refractivity contribution is 14.1. The summed E-state index contributed by atoms with van der Waals surface area (Å²) in [5.74, 6) is 0.662. The molecule has 0 spiro atoms. The molecule has 0 aliphatic heterocycles. The smallest absolute Gasteiger partial charge is 0.273 e. The number of nitro benzene ring substituents is 1. The van der Waals surface area contributed by atoms with Crippen LogP contribution in [0, 0.1) is 26.0 Å². The van der Waals surface area contributed by atoms with Crippen LogP contribution >= 0.6 is 22.6 Å². The lowest BCUT2D eigenvalue weighted by molar-refractivity contribution is -0.385. The summed E-state index contributed by atoms with van der Waals surface area (Å²) >= 11 is 2.03. The molecule has 0 atom stereocenters. The lowest BCUT2D eigenvalue weighted by Crippen LogP contribution is -2.11. The average Bonchev–Trinajstić information content (AvgIpc) is 2.17. The third kappa shape index (κ3) is 3.83. The summed E-state index contributed by atoms with van der Waals surface area (Å²) in [4.78, 5) is 10.6. The molecule has 0 N–H and O–H groups in total. The maximum Gasteiger partial charge on any atom is 0.273 e. The van der Waals surface area contributed by atoms with Gasteiger partial charge in [-0.15, -0.1) is 0 Å². The Hall–Kier alpha value is -0.850. The maximum absolute atomic E-state index is 11.0. The Morgan fingerprint density at radius 3 is 2.53 bits per heavy atom. The van der Waals surface area contributed by atoms with E-state index in [-0.39, 0.29) is 16.0 Å². The molecule has 0 saturated carbocycles. The molecule has 0 saturated heterocycles. The topological polar surface area (TPSA) is 52.4 Å². The molecule has 4 nitrogen and oxygen atoms in total. The molecular formula is C12H15INO3. The van der Waals surface area contributed by atoms with Gasteiger partial charge in [-0.3, -0.25) is 10.1 Å². The Bertz CT molecular complexity index is 438. The predicted molar refractivity (Wildman–Crippen MR) is 75.2 cm³/mol. The van der Waals surface area contributed by atoms with Gasteiger partial charge < -0.3 is 4.74 Å². The van der Waals surface area contributed by atoms with Crippen molar-refractivity contribution >= 4 is 28.3 Å².